The first-order chi connectivity index (χ1) is 13.3. The van der Waals surface area contributed by atoms with Gasteiger partial charge in [-0.05, 0) is 69.5 Å². The summed E-state index contributed by atoms with van der Waals surface area (Å²) in [7, 11) is 7.78. The van der Waals surface area contributed by atoms with Crippen molar-refractivity contribution in [3.8, 4) is 0 Å². The molecule has 0 unspecified atom stereocenters. The van der Waals surface area contributed by atoms with E-state index in [-0.39, 0.29) is 11.8 Å². The smallest absolute Gasteiger partial charge is 0.255 e. The summed E-state index contributed by atoms with van der Waals surface area (Å²) in [6.07, 6.45) is 0.871. The molecule has 0 heterocycles. The Morgan fingerprint density at radius 2 is 1.64 bits per heavy atom. The first-order valence-electron chi connectivity index (χ1n) is 9.09. The second-order valence-electron chi connectivity index (χ2n) is 7.00. The molecule has 0 aliphatic heterocycles. The van der Waals surface area contributed by atoms with Gasteiger partial charge < -0.3 is 20.4 Å². The minimum absolute atomic E-state index is 0.151. The van der Waals surface area contributed by atoms with Crippen LogP contribution in [0.25, 0.3) is 0 Å². The lowest BCUT2D eigenvalue weighted by atomic mass is 10.1. The van der Waals surface area contributed by atoms with Gasteiger partial charge in [-0.3, -0.25) is 9.59 Å². The number of anilines is 2. The number of rotatable bonds is 8. The van der Waals surface area contributed by atoms with Crippen molar-refractivity contribution in [2.75, 3.05) is 51.5 Å². The molecule has 0 atom stereocenters. The van der Waals surface area contributed by atoms with E-state index in [1.54, 1.807) is 24.3 Å². The molecule has 0 saturated carbocycles. The molecule has 2 N–H and O–H groups in total. The van der Waals surface area contributed by atoms with E-state index in [1.165, 1.54) is 0 Å². The third-order valence-electron chi connectivity index (χ3n) is 4.15. The lowest BCUT2D eigenvalue weighted by molar-refractivity contribution is 0.0951. The number of nitrogens with one attached hydrogen (secondary N) is 2. The topological polar surface area (TPSA) is 64.7 Å². The van der Waals surface area contributed by atoms with Gasteiger partial charge in [-0.15, -0.1) is 0 Å². The highest BCUT2D eigenvalue weighted by atomic mass is 79.9. The predicted octanol–water partition coefficient (Wildman–Crippen LogP) is 3.45. The third kappa shape index (κ3) is 6.35. The first-order valence-corrected chi connectivity index (χ1v) is 9.88. The van der Waals surface area contributed by atoms with Crippen LogP contribution in [0.2, 0.25) is 0 Å². The maximum absolute atomic E-state index is 12.7. The molecule has 0 aromatic heterocycles. The molecule has 0 aliphatic carbocycles. The van der Waals surface area contributed by atoms with Crippen molar-refractivity contribution in [3.63, 3.8) is 0 Å². The predicted molar refractivity (Wildman–Crippen MR) is 118 cm³/mol. The number of carbonyl (C=O) groups is 2. The zero-order chi connectivity index (χ0) is 20.7. The Bertz CT molecular complexity index is 820. The van der Waals surface area contributed by atoms with Crippen LogP contribution in [0.15, 0.2) is 46.9 Å². The van der Waals surface area contributed by atoms with Crippen molar-refractivity contribution in [3.05, 3.63) is 58.1 Å². The zero-order valence-electron chi connectivity index (χ0n) is 16.8. The van der Waals surface area contributed by atoms with Gasteiger partial charge in [0.25, 0.3) is 11.8 Å². The van der Waals surface area contributed by atoms with Gasteiger partial charge in [-0.2, -0.15) is 0 Å². The number of carbonyl (C=O) groups excluding carboxylic acids is 2. The molecule has 2 amide bonds. The standard InChI is InChI=1S/C21H27BrN4O2/c1-25(2)13-5-12-23-21(28)18-14-17(10-11-19(18)26(3)4)24-20(27)15-6-8-16(22)9-7-15/h6-11,14H,5,12-13H2,1-4H3,(H,23,28)(H,24,27). The highest BCUT2D eigenvalue weighted by molar-refractivity contribution is 9.10. The van der Waals surface area contributed by atoms with Crippen molar-refractivity contribution in [1.82, 2.24) is 10.2 Å². The van der Waals surface area contributed by atoms with E-state index < -0.39 is 0 Å². The van der Waals surface area contributed by atoms with E-state index in [0.29, 0.717) is 23.4 Å². The summed E-state index contributed by atoms with van der Waals surface area (Å²) in [4.78, 5) is 29.1. The van der Waals surface area contributed by atoms with Crippen LogP contribution >= 0.6 is 15.9 Å². The average molecular weight is 447 g/mol. The van der Waals surface area contributed by atoms with E-state index in [1.807, 2.05) is 51.3 Å². The Balaban J connectivity index is 2.14. The molecule has 0 saturated heterocycles. The zero-order valence-corrected chi connectivity index (χ0v) is 18.3. The molecule has 0 spiro atoms. The fourth-order valence-electron chi connectivity index (χ4n) is 2.68. The van der Waals surface area contributed by atoms with E-state index in [0.717, 1.165) is 23.1 Å². The Kier molecular flexibility index (Phi) is 8.02. The Labute approximate surface area is 175 Å². The van der Waals surface area contributed by atoms with E-state index in [9.17, 15) is 9.59 Å². The Morgan fingerprint density at radius 1 is 0.964 bits per heavy atom. The summed E-state index contributed by atoms with van der Waals surface area (Å²) in [5, 5.41) is 5.82. The van der Waals surface area contributed by atoms with Crippen LogP contribution in [0, 0.1) is 0 Å². The highest BCUT2D eigenvalue weighted by Gasteiger charge is 2.15. The molecule has 2 aromatic carbocycles. The molecule has 2 rings (SSSR count). The summed E-state index contributed by atoms with van der Waals surface area (Å²) >= 11 is 3.36. The SMILES string of the molecule is CN(C)CCCNC(=O)c1cc(NC(=O)c2ccc(Br)cc2)ccc1N(C)C. The van der Waals surface area contributed by atoms with E-state index in [4.69, 9.17) is 0 Å². The first kappa shape index (κ1) is 21.9. The van der Waals surface area contributed by atoms with Gasteiger partial charge in [0.1, 0.15) is 0 Å². The molecule has 7 heteroatoms. The van der Waals surface area contributed by atoms with Gasteiger partial charge in [0, 0.05) is 42.1 Å². The van der Waals surface area contributed by atoms with Crippen LogP contribution in [-0.2, 0) is 0 Å². The van der Waals surface area contributed by atoms with Gasteiger partial charge >= 0.3 is 0 Å². The Morgan fingerprint density at radius 3 is 2.25 bits per heavy atom. The quantitative estimate of drug-likeness (QED) is 0.609. The molecule has 150 valence electrons. The van der Waals surface area contributed by atoms with Crippen molar-refractivity contribution < 1.29 is 9.59 Å². The number of benzene rings is 2. The van der Waals surface area contributed by atoms with E-state index >= 15 is 0 Å². The van der Waals surface area contributed by atoms with Gasteiger partial charge in [0.05, 0.1) is 5.56 Å². The second-order valence-corrected chi connectivity index (χ2v) is 7.92. The monoisotopic (exact) mass is 446 g/mol. The number of hydrogen-bond donors (Lipinski definition) is 2. The van der Waals surface area contributed by atoms with Crippen LogP contribution in [-0.4, -0.2) is 58.0 Å². The minimum Gasteiger partial charge on any atom is -0.377 e. The normalized spacial score (nSPS) is 10.6. The summed E-state index contributed by atoms with van der Waals surface area (Å²) in [6, 6.07) is 12.5. The largest absolute Gasteiger partial charge is 0.377 e. The summed E-state index contributed by atoms with van der Waals surface area (Å²) < 4.78 is 0.910. The molecule has 0 aliphatic rings. The van der Waals surface area contributed by atoms with Crippen LogP contribution in [0.4, 0.5) is 11.4 Å². The average Bonchev–Trinajstić information content (AvgIpc) is 2.65. The maximum atomic E-state index is 12.7. The lowest BCUT2D eigenvalue weighted by Crippen LogP contribution is -2.28. The maximum Gasteiger partial charge on any atom is 0.255 e. The number of nitrogens with zero attached hydrogens (tertiary/aromatic N) is 2. The lowest BCUT2D eigenvalue weighted by Gasteiger charge is -2.19. The molecule has 0 bridgehead atoms. The highest BCUT2D eigenvalue weighted by Crippen LogP contribution is 2.23. The molecule has 2 aromatic rings. The van der Waals surface area contributed by atoms with Crippen molar-refractivity contribution in [2.45, 2.75) is 6.42 Å². The Hall–Kier alpha value is -2.38. The fraction of sp³-hybridized carbons (Fsp3) is 0.333. The van der Waals surface area contributed by atoms with Gasteiger partial charge in [0.15, 0.2) is 0 Å². The molecule has 0 fully saturated rings. The fourth-order valence-corrected chi connectivity index (χ4v) is 2.95. The molecular formula is C21H27BrN4O2. The van der Waals surface area contributed by atoms with Gasteiger partial charge in [-0.1, -0.05) is 15.9 Å². The number of hydrogen-bond acceptors (Lipinski definition) is 4. The molecule has 28 heavy (non-hydrogen) atoms. The second kappa shape index (κ2) is 10.2. The minimum atomic E-state index is -0.220. The molecule has 0 radical (unpaired) electrons. The van der Waals surface area contributed by atoms with Crippen LogP contribution in [0.1, 0.15) is 27.1 Å². The van der Waals surface area contributed by atoms with Crippen LogP contribution < -0.4 is 15.5 Å². The van der Waals surface area contributed by atoms with Crippen molar-refractivity contribution in [2.24, 2.45) is 0 Å². The van der Waals surface area contributed by atoms with Crippen molar-refractivity contribution >= 4 is 39.1 Å². The van der Waals surface area contributed by atoms with Crippen LogP contribution in [0.3, 0.4) is 0 Å². The number of halogens is 1. The van der Waals surface area contributed by atoms with Gasteiger partial charge in [-0.25, -0.2) is 0 Å². The summed E-state index contributed by atoms with van der Waals surface area (Å²) in [5.41, 5.74) is 2.46. The van der Waals surface area contributed by atoms with E-state index in [2.05, 4.69) is 31.5 Å². The van der Waals surface area contributed by atoms with Crippen molar-refractivity contribution in [1.29, 1.82) is 0 Å². The molecule has 6 nitrogen and oxygen atoms in total. The summed E-state index contributed by atoms with van der Waals surface area (Å²) in [6.45, 7) is 1.50. The third-order valence-corrected chi connectivity index (χ3v) is 4.68. The van der Waals surface area contributed by atoms with Gasteiger partial charge in [0.2, 0.25) is 0 Å². The molecular weight excluding hydrogens is 420 g/mol. The number of amides is 2. The van der Waals surface area contributed by atoms with Crippen LogP contribution in [0.5, 0.6) is 0 Å². The summed E-state index contributed by atoms with van der Waals surface area (Å²) in [5.74, 6) is -0.371.